The topological polar surface area (TPSA) is 38.5 Å². The number of rotatable bonds is 7. The third-order valence-corrected chi connectivity index (χ3v) is 5.10. The molecular weight excluding hydrogens is 290 g/mol. The van der Waals surface area contributed by atoms with Gasteiger partial charge < -0.3 is 9.47 Å². The fraction of sp³-hybridized carbons (Fsp3) is 0.632. The first-order valence-electron chi connectivity index (χ1n) is 8.68. The highest BCUT2D eigenvalue weighted by molar-refractivity contribution is 5.82. The molecule has 0 amide bonds. The summed E-state index contributed by atoms with van der Waals surface area (Å²) in [7, 11) is 0. The molecule has 2 aliphatic rings. The van der Waals surface area contributed by atoms with E-state index in [4.69, 9.17) is 9.47 Å². The number of nitrogens with zero attached hydrogens (tertiary/aromatic N) is 1. The van der Waals surface area contributed by atoms with Crippen LogP contribution in [-0.4, -0.2) is 42.7 Å². The van der Waals surface area contributed by atoms with E-state index in [0.29, 0.717) is 12.6 Å². The van der Waals surface area contributed by atoms with Gasteiger partial charge in [0.05, 0.1) is 18.1 Å². The van der Waals surface area contributed by atoms with E-state index in [0.717, 1.165) is 24.0 Å². The van der Waals surface area contributed by atoms with E-state index in [1.165, 1.54) is 25.8 Å². The SMILES string of the molecule is CCOC(=O)C(C)(C)c1ccc(OCC2CN2C2CCC2)cc1. The summed E-state index contributed by atoms with van der Waals surface area (Å²) in [5.74, 6) is 0.677. The number of hydrogen-bond donors (Lipinski definition) is 0. The summed E-state index contributed by atoms with van der Waals surface area (Å²) in [6, 6.07) is 9.23. The molecule has 0 spiro atoms. The summed E-state index contributed by atoms with van der Waals surface area (Å²) >= 11 is 0. The highest BCUT2D eigenvalue weighted by Gasteiger charge is 2.42. The molecule has 1 saturated carbocycles. The molecule has 1 saturated heterocycles. The summed E-state index contributed by atoms with van der Waals surface area (Å²) in [4.78, 5) is 14.6. The second-order valence-corrected chi connectivity index (χ2v) is 7.12. The Morgan fingerprint density at radius 1 is 1.26 bits per heavy atom. The first-order chi connectivity index (χ1) is 11.0. The third-order valence-electron chi connectivity index (χ3n) is 5.10. The molecule has 2 atom stereocenters. The average Bonchev–Trinajstić information content (AvgIpc) is 3.23. The normalized spacial score (nSPS) is 24.0. The Labute approximate surface area is 138 Å². The van der Waals surface area contributed by atoms with Crippen molar-refractivity contribution in [2.24, 2.45) is 0 Å². The van der Waals surface area contributed by atoms with Crippen molar-refractivity contribution >= 4 is 5.97 Å². The van der Waals surface area contributed by atoms with Crippen LogP contribution in [0.15, 0.2) is 24.3 Å². The van der Waals surface area contributed by atoms with Crippen molar-refractivity contribution in [2.45, 2.75) is 57.5 Å². The van der Waals surface area contributed by atoms with Crippen LogP contribution in [0.4, 0.5) is 0 Å². The lowest BCUT2D eigenvalue weighted by molar-refractivity contribution is -0.148. The van der Waals surface area contributed by atoms with Crippen LogP contribution in [0.1, 0.15) is 45.6 Å². The van der Waals surface area contributed by atoms with Crippen LogP contribution in [0.5, 0.6) is 5.75 Å². The van der Waals surface area contributed by atoms with Gasteiger partial charge in [-0.05, 0) is 51.3 Å². The van der Waals surface area contributed by atoms with E-state index in [9.17, 15) is 4.79 Å². The molecule has 4 nitrogen and oxygen atoms in total. The van der Waals surface area contributed by atoms with E-state index in [1.807, 2.05) is 45.0 Å². The standard InChI is InChI=1S/C19H27NO3/c1-4-22-18(21)19(2,3)14-8-10-17(11-9-14)23-13-16-12-20(16)15-6-5-7-15/h8-11,15-16H,4-7,12-13H2,1-3H3. The lowest BCUT2D eigenvalue weighted by atomic mass is 9.85. The van der Waals surface area contributed by atoms with Crippen molar-refractivity contribution in [1.29, 1.82) is 0 Å². The molecule has 0 aromatic heterocycles. The fourth-order valence-electron chi connectivity index (χ4n) is 3.10. The molecule has 4 heteroatoms. The summed E-state index contributed by atoms with van der Waals surface area (Å²) in [6.07, 6.45) is 4.09. The molecule has 2 fully saturated rings. The van der Waals surface area contributed by atoms with Gasteiger partial charge in [0, 0.05) is 12.6 Å². The van der Waals surface area contributed by atoms with Gasteiger partial charge in [-0.1, -0.05) is 18.6 Å². The van der Waals surface area contributed by atoms with Crippen molar-refractivity contribution in [1.82, 2.24) is 4.90 Å². The monoisotopic (exact) mass is 317 g/mol. The van der Waals surface area contributed by atoms with Gasteiger partial charge in [0.2, 0.25) is 0 Å². The maximum absolute atomic E-state index is 12.0. The van der Waals surface area contributed by atoms with Crippen LogP contribution in [0, 0.1) is 0 Å². The molecule has 0 bridgehead atoms. The maximum Gasteiger partial charge on any atom is 0.315 e. The van der Waals surface area contributed by atoms with Crippen molar-refractivity contribution in [3.05, 3.63) is 29.8 Å². The number of carbonyl (C=O) groups is 1. The molecule has 126 valence electrons. The Hall–Kier alpha value is -1.55. The van der Waals surface area contributed by atoms with E-state index in [2.05, 4.69) is 4.90 Å². The van der Waals surface area contributed by atoms with Gasteiger partial charge in [0.25, 0.3) is 0 Å². The Bertz CT molecular complexity index is 548. The van der Waals surface area contributed by atoms with Gasteiger partial charge in [0.1, 0.15) is 12.4 Å². The van der Waals surface area contributed by atoms with Gasteiger partial charge in [-0.3, -0.25) is 9.69 Å². The number of hydrogen-bond acceptors (Lipinski definition) is 4. The molecule has 3 rings (SSSR count). The molecule has 2 unspecified atom stereocenters. The van der Waals surface area contributed by atoms with Gasteiger partial charge in [-0.25, -0.2) is 0 Å². The van der Waals surface area contributed by atoms with Gasteiger partial charge in [-0.2, -0.15) is 0 Å². The van der Waals surface area contributed by atoms with Gasteiger partial charge in [0.15, 0.2) is 0 Å². The van der Waals surface area contributed by atoms with Crippen LogP contribution >= 0.6 is 0 Å². The molecule has 1 heterocycles. The van der Waals surface area contributed by atoms with Crippen LogP contribution < -0.4 is 4.74 Å². The predicted octanol–water partition coefficient (Wildman–Crippen LogP) is 3.14. The molecule has 1 aliphatic carbocycles. The Morgan fingerprint density at radius 2 is 1.96 bits per heavy atom. The van der Waals surface area contributed by atoms with Crippen molar-refractivity contribution in [3.63, 3.8) is 0 Å². The zero-order valence-electron chi connectivity index (χ0n) is 14.4. The molecule has 1 aromatic rings. The third kappa shape index (κ3) is 3.52. The van der Waals surface area contributed by atoms with E-state index >= 15 is 0 Å². The summed E-state index contributed by atoms with van der Waals surface area (Å²) in [5, 5.41) is 0. The quantitative estimate of drug-likeness (QED) is 0.572. The average molecular weight is 317 g/mol. The number of ether oxygens (including phenoxy) is 2. The van der Waals surface area contributed by atoms with Crippen molar-refractivity contribution in [2.75, 3.05) is 19.8 Å². The molecule has 0 radical (unpaired) electrons. The van der Waals surface area contributed by atoms with Crippen molar-refractivity contribution < 1.29 is 14.3 Å². The Morgan fingerprint density at radius 3 is 2.52 bits per heavy atom. The number of esters is 1. The van der Waals surface area contributed by atoms with Crippen LogP contribution in [0.25, 0.3) is 0 Å². The minimum atomic E-state index is -0.633. The van der Waals surface area contributed by atoms with Crippen molar-refractivity contribution in [3.8, 4) is 5.75 Å². The highest BCUT2D eigenvalue weighted by Crippen LogP contribution is 2.34. The Balaban J connectivity index is 1.52. The smallest absolute Gasteiger partial charge is 0.315 e. The molecule has 1 aliphatic heterocycles. The lowest BCUT2D eigenvalue weighted by Gasteiger charge is -2.27. The van der Waals surface area contributed by atoms with Crippen LogP contribution in [-0.2, 0) is 14.9 Å². The second kappa shape index (κ2) is 6.52. The summed E-state index contributed by atoms with van der Waals surface area (Å²) in [5.41, 5.74) is 0.317. The molecule has 0 N–H and O–H groups in total. The first kappa shape index (κ1) is 16.3. The molecule has 23 heavy (non-hydrogen) atoms. The molecule has 1 aromatic carbocycles. The Kier molecular flexibility index (Phi) is 4.62. The minimum Gasteiger partial charge on any atom is -0.492 e. The largest absolute Gasteiger partial charge is 0.492 e. The van der Waals surface area contributed by atoms with Crippen LogP contribution in [0.3, 0.4) is 0 Å². The van der Waals surface area contributed by atoms with E-state index < -0.39 is 5.41 Å². The maximum atomic E-state index is 12.0. The van der Waals surface area contributed by atoms with Gasteiger partial charge in [-0.15, -0.1) is 0 Å². The fourth-order valence-corrected chi connectivity index (χ4v) is 3.10. The molecular formula is C19H27NO3. The van der Waals surface area contributed by atoms with E-state index in [-0.39, 0.29) is 5.97 Å². The minimum absolute atomic E-state index is 0.192. The predicted molar refractivity (Wildman–Crippen MR) is 89.7 cm³/mol. The highest BCUT2D eigenvalue weighted by atomic mass is 16.5. The zero-order valence-corrected chi connectivity index (χ0v) is 14.4. The number of carbonyl (C=O) groups excluding carboxylic acids is 1. The van der Waals surface area contributed by atoms with E-state index in [1.54, 1.807) is 0 Å². The second-order valence-electron chi connectivity index (χ2n) is 7.12. The van der Waals surface area contributed by atoms with Gasteiger partial charge >= 0.3 is 5.97 Å². The summed E-state index contributed by atoms with van der Waals surface area (Å²) < 4.78 is 11.0. The number of benzene rings is 1. The summed E-state index contributed by atoms with van der Waals surface area (Å²) in [6.45, 7) is 7.96. The zero-order chi connectivity index (χ0) is 16.4. The lowest BCUT2D eigenvalue weighted by Crippen LogP contribution is -2.31. The first-order valence-corrected chi connectivity index (χ1v) is 8.68. The van der Waals surface area contributed by atoms with Crippen LogP contribution in [0.2, 0.25) is 0 Å².